The monoisotopic (exact) mass is 220 g/mol. The minimum Gasteiger partial charge on any atom is -0.364 e. The van der Waals surface area contributed by atoms with Crippen molar-refractivity contribution in [1.29, 1.82) is 0 Å². The molecule has 1 aromatic rings. The predicted molar refractivity (Wildman–Crippen MR) is 50.0 cm³/mol. The zero-order chi connectivity index (χ0) is 10.1. The van der Waals surface area contributed by atoms with E-state index in [-0.39, 0.29) is 10.5 Å². The first kappa shape index (κ1) is 10.6. The molecule has 0 spiro atoms. The number of benzene rings is 1. The Morgan fingerprint density at radius 2 is 1.69 bits per heavy atom. The quantitative estimate of drug-likeness (QED) is 0.623. The first-order chi connectivity index (χ1) is 5.91. The van der Waals surface area contributed by atoms with Crippen LogP contribution in [0.25, 0.3) is 0 Å². The molecule has 6 heteroatoms. The van der Waals surface area contributed by atoms with Crippen LogP contribution in [-0.4, -0.2) is 19.0 Å². The van der Waals surface area contributed by atoms with Gasteiger partial charge in [0.1, 0.15) is 0 Å². The number of hydrogen-bond donors (Lipinski definition) is 3. The van der Waals surface area contributed by atoms with Crippen molar-refractivity contribution < 1.29 is 19.0 Å². The summed E-state index contributed by atoms with van der Waals surface area (Å²) in [6.07, 6.45) is -1.58. The number of rotatable bonds is 2. The van der Waals surface area contributed by atoms with E-state index < -0.39 is 15.1 Å². The van der Waals surface area contributed by atoms with Crippen LogP contribution < -0.4 is 0 Å². The molecule has 0 amide bonds. The van der Waals surface area contributed by atoms with Crippen LogP contribution in [0.3, 0.4) is 0 Å². The molecule has 3 N–H and O–H groups in total. The lowest BCUT2D eigenvalue weighted by Crippen LogP contribution is -1.98. The second-order valence-electron chi connectivity index (χ2n) is 2.42. The molecule has 0 saturated carbocycles. The minimum atomic E-state index is -3.38. The molecule has 4 nitrogen and oxygen atoms in total. The van der Waals surface area contributed by atoms with E-state index in [9.17, 15) is 4.21 Å². The van der Waals surface area contributed by atoms with Gasteiger partial charge in [-0.1, -0.05) is 12.1 Å². The van der Waals surface area contributed by atoms with Gasteiger partial charge >= 0.3 is 0 Å². The summed E-state index contributed by atoms with van der Waals surface area (Å²) >= 11 is 4.32. The standard InChI is InChI=1S/C7H8O4S2/c8-7(9)5-1-3-6(4-2-5)13(10,11)12/h1-4,7-9H,(H,10,11,12). The zero-order valence-corrected chi connectivity index (χ0v) is 8.09. The Bertz CT molecular complexity index is 379. The zero-order valence-electron chi connectivity index (χ0n) is 6.45. The van der Waals surface area contributed by atoms with Crippen molar-refractivity contribution in [3.8, 4) is 0 Å². The molecule has 1 aromatic carbocycles. The summed E-state index contributed by atoms with van der Waals surface area (Å²) in [6, 6.07) is 5.26. The van der Waals surface area contributed by atoms with Crippen LogP contribution in [0.2, 0.25) is 0 Å². The van der Waals surface area contributed by atoms with Gasteiger partial charge in [-0.25, -0.2) is 4.21 Å². The molecule has 1 atom stereocenters. The molecule has 0 aliphatic rings. The third kappa shape index (κ3) is 2.71. The average molecular weight is 220 g/mol. The van der Waals surface area contributed by atoms with Crippen molar-refractivity contribution in [3.05, 3.63) is 29.8 Å². The second-order valence-corrected chi connectivity index (χ2v) is 5.19. The van der Waals surface area contributed by atoms with E-state index in [2.05, 4.69) is 11.2 Å². The highest BCUT2D eigenvalue weighted by atomic mass is 32.8. The smallest absolute Gasteiger partial charge is 0.178 e. The summed E-state index contributed by atoms with van der Waals surface area (Å²) in [5.74, 6) is 0. The topological polar surface area (TPSA) is 77.8 Å². The lowest BCUT2D eigenvalue weighted by atomic mass is 10.2. The molecular weight excluding hydrogens is 212 g/mol. The second kappa shape index (κ2) is 3.69. The molecular formula is C7H8O4S2. The Labute approximate surface area is 80.3 Å². The molecule has 1 rings (SSSR count). The van der Waals surface area contributed by atoms with Gasteiger partial charge in [0, 0.05) is 16.8 Å². The third-order valence-corrected chi connectivity index (χ3v) is 2.92. The van der Waals surface area contributed by atoms with Gasteiger partial charge in [-0.3, -0.25) is 0 Å². The van der Waals surface area contributed by atoms with E-state index in [1.54, 1.807) is 0 Å². The van der Waals surface area contributed by atoms with Crippen molar-refractivity contribution in [2.75, 3.05) is 0 Å². The van der Waals surface area contributed by atoms with Crippen molar-refractivity contribution in [2.24, 2.45) is 0 Å². The van der Waals surface area contributed by atoms with Gasteiger partial charge in [0.05, 0.1) is 4.90 Å². The Morgan fingerprint density at radius 1 is 1.23 bits per heavy atom. The van der Waals surface area contributed by atoms with Crippen molar-refractivity contribution in [1.82, 2.24) is 0 Å². The van der Waals surface area contributed by atoms with E-state index in [1.165, 1.54) is 24.3 Å². The minimum absolute atomic E-state index is 0.0897. The molecule has 0 aliphatic heterocycles. The molecule has 72 valence electrons. The van der Waals surface area contributed by atoms with Gasteiger partial charge in [0.15, 0.2) is 15.1 Å². The maximum atomic E-state index is 10.9. The van der Waals surface area contributed by atoms with E-state index in [1.807, 2.05) is 0 Å². The van der Waals surface area contributed by atoms with Gasteiger partial charge < -0.3 is 14.8 Å². The van der Waals surface area contributed by atoms with Crippen LogP contribution in [0.4, 0.5) is 0 Å². The van der Waals surface area contributed by atoms with E-state index in [0.717, 1.165) is 0 Å². The van der Waals surface area contributed by atoms with Crippen LogP contribution >= 0.6 is 0 Å². The molecule has 0 fully saturated rings. The van der Waals surface area contributed by atoms with Crippen LogP contribution in [-0.2, 0) is 20.0 Å². The molecule has 0 radical (unpaired) electrons. The highest BCUT2D eigenvalue weighted by Crippen LogP contribution is 2.14. The Hall–Kier alpha value is -0.530. The molecule has 13 heavy (non-hydrogen) atoms. The molecule has 0 saturated heterocycles. The van der Waals surface area contributed by atoms with Crippen molar-refractivity contribution >= 4 is 20.0 Å². The number of aliphatic hydroxyl groups excluding tert-OH is 1. The van der Waals surface area contributed by atoms with Gasteiger partial charge in [-0.2, -0.15) is 0 Å². The van der Waals surface area contributed by atoms with Crippen LogP contribution in [0, 0.1) is 0 Å². The van der Waals surface area contributed by atoms with Gasteiger partial charge in [0.25, 0.3) is 0 Å². The van der Waals surface area contributed by atoms with E-state index in [0.29, 0.717) is 0 Å². The average Bonchev–Trinajstić information content (AvgIpc) is 2.03. The summed E-state index contributed by atoms with van der Waals surface area (Å²) in [7, 11) is -3.38. The van der Waals surface area contributed by atoms with Crippen LogP contribution in [0.1, 0.15) is 11.9 Å². The van der Waals surface area contributed by atoms with Gasteiger partial charge in [0.2, 0.25) is 0 Å². The SMILES string of the molecule is O=S(O)(=S)c1ccc(C(O)O)cc1. The number of hydrogen-bond acceptors (Lipinski definition) is 4. The molecule has 0 aliphatic carbocycles. The maximum absolute atomic E-state index is 10.9. The van der Waals surface area contributed by atoms with Crippen molar-refractivity contribution in [3.63, 3.8) is 0 Å². The Kier molecular flexibility index (Phi) is 2.99. The highest BCUT2D eigenvalue weighted by molar-refractivity contribution is 8.29. The summed E-state index contributed by atoms with van der Waals surface area (Å²) in [6.45, 7) is 0. The highest BCUT2D eigenvalue weighted by Gasteiger charge is 2.06. The predicted octanol–water partition coefficient (Wildman–Crippen LogP) is 0.248. The summed E-state index contributed by atoms with van der Waals surface area (Å²) in [5, 5.41) is 17.4. The Balaban J connectivity index is 3.08. The van der Waals surface area contributed by atoms with Gasteiger partial charge in [-0.15, -0.1) is 0 Å². The normalized spacial score (nSPS) is 15.7. The maximum Gasteiger partial charge on any atom is 0.178 e. The van der Waals surface area contributed by atoms with E-state index >= 15 is 0 Å². The van der Waals surface area contributed by atoms with Crippen LogP contribution in [0.5, 0.6) is 0 Å². The first-order valence-electron chi connectivity index (χ1n) is 3.35. The fourth-order valence-corrected chi connectivity index (χ4v) is 1.63. The lowest BCUT2D eigenvalue weighted by Gasteiger charge is -2.04. The first-order valence-corrected chi connectivity index (χ1v) is 5.79. The fourth-order valence-electron chi connectivity index (χ4n) is 0.812. The van der Waals surface area contributed by atoms with Crippen molar-refractivity contribution in [2.45, 2.75) is 11.2 Å². The third-order valence-electron chi connectivity index (χ3n) is 1.48. The summed E-state index contributed by atoms with van der Waals surface area (Å²) < 4.78 is 19.9. The molecule has 1 unspecified atom stereocenters. The van der Waals surface area contributed by atoms with E-state index in [4.69, 9.17) is 14.8 Å². The molecule has 0 bridgehead atoms. The number of aliphatic hydroxyl groups is 2. The summed E-state index contributed by atoms with van der Waals surface area (Å²) in [5.41, 5.74) is 0.252. The summed E-state index contributed by atoms with van der Waals surface area (Å²) in [4.78, 5) is 0.0897. The van der Waals surface area contributed by atoms with Gasteiger partial charge in [-0.05, 0) is 12.1 Å². The fraction of sp³-hybridized carbons (Fsp3) is 0.143. The van der Waals surface area contributed by atoms with Crippen LogP contribution in [0.15, 0.2) is 29.2 Å². The molecule has 0 aromatic heterocycles. The Morgan fingerprint density at radius 3 is 2.00 bits per heavy atom. The largest absolute Gasteiger partial charge is 0.364 e. The molecule has 0 heterocycles. The lowest BCUT2D eigenvalue weighted by molar-refractivity contribution is -0.0425.